The fourth-order valence-corrected chi connectivity index (χ4v) is 1.73. The van der Waals surface area contributed by atoms with Crippen molar-refractivity contribution in [3.05, 3.63) is 18.7 Å². The van der Waals surface area contributed by atoms with Crippen LogP contribution in [0.15, 0.2) is 18.7 Å². The Morgan fingerprint density at radius 3 is 2.71 bits per heavy atom. The van der Waals surface area contributed by atoms with E-state index in [1.807, 2.05) is 29.5 Å². The van der Waals surface area contributed by atoms with Crippen molar-refractivity contribution in [1.29, 1.82) is 0 Å². The van der Waals surface area contributed by atoms with Crippen molar-refractivity contribution in [2.75, 3.05) is 19.6 Å². The Bertz CT molecular complexity index is 319. The van der Waals surface area contributed by atoms with Gasteiger partial charge in [-0.1, -0.05) is 0 Å². The van der Waals surface area contributed by atoms with Gasteiger partial charge in [0, 0.05) is 38.1 Å². The Labute approximate surface area is 103 Å². The highest BCUT2D eigenvalue weighted by Gasteiger charge is 2.10. The van der Waals surface area contributed by atoms with Crippen molar-refractivity contribution in [3.63, 3.8) is 0 Å². The Kier molecular flexibility index (Phi) is 5.69. The minimum Gasteiger partial charge on any atom is -0.342 e. The lowest BCUT2D eigenvalue weighted by molar-refractivity contribution is -0.130. The van der Waals surface area contributed by atoms with Crippen LogP contribution in [0.5, 0.6) is 0 Å². The fraction of sp³-hybridized carbons (Fsp3) is 0.667. The maximum Gasteiger partial charge on any atom is 0.236 e. The van der Waals surface area contributed by atoms with Crippen LogP contribution in [0.4, 0.5) is 0 Å². The molecule has 5 nitrogen and oxygen atoms in total. The topological polar surface area (TPSA) is 50.2 Å². The highest BCUT2D eigenvalue weighted by molar-refractivity contribution is 5.78. The van der Waals surface area contributed by atoms with Gasteiger partial charge < -0.3 is 14.8 Å². The zero-order chi connectivity index (χ0) is 12.7. The molecule has 1 rings (SSSR count). The van der Waals surface area contributed by atoms with Crippen LogP contribution in [-0.4, -0.2) is 46.0 Å². The third kappa shape index (κ3) is 4.56. The Morgan fingerprint density at radius 1 is 1.47 bits per heavy atom. The van der Waals surface area contributed by atoms with Crippen LogP contribution in [0.1, 0.15) is 20.8 Å². The predicted octanol–water partition coefficient (Wildman–Crippen LogP) is 0.730. The largest absolute Gasteiger partial charge is 0.342 e. The predicted molar refractivity (Wildman–Crippen MR) is 67.6 cm³/mol. The second kappa shape index (κ2) is 7.06. The van der Waals surface area contributed by atoms with Crippen LogP contribution >= 0.6 is 0 Å². The third-order valence-electron chi connectivity index (χ3n) is 2.76. The number of aromatic nitrogens is 2. The molecule has 17 heavy (non-hydrogen) atoms. The van der Waals surface area contributed by atoms with Crippen molar-refractivity contribution in [2.45, 2.75) is 33.4 Å². The van der Waals surface area contributed by atoms with Crippen molar-refractivity contribution in [1.82, 2.24) is 19.8 Å². The van der Waals surface area contributed by atoms with Crippen LogP contribution < -0.4 is 5.32 Å². The van der Waals surface area contributed by atoms with Gasteiger partial charge in [0.1, 0.15) is 0 Å². The van der Waals surface area contributed by atoms with Gasteiger partial charge in [-0.2, -0.15) is 0 Å². The van der Waals surface area contributed by atoms with Gasteiger partial charge in [0.25, 0.3) is 0 Å². The molecule has 1 aromatic heterocycles. The molecule has 0 spiro atoms. The van der Waals surface area contributed by atoms with E-state index in [-0.39, 0.29) is 11.9 Å². The Morgan fingerprint density at radius 2 is 2.18 bits per heavy atom. The van der Waals surface area contributed by atoms with E-state index in [0.717, 1.165) is 19.6 Å². The number of nitrogens with zero attached hydrogens (tertiary/aromatic N) is 3. The third-order valence-corrected chi connectivity index (χ3v) is 2.76. The quantitative estimate of drug-likeness (QED) is 0.762. The maximum absolute atomic E-state index is 11.8. The molecular formula is C12H22N4O. The van der Waals surface area contributed by atoms with Gasteiger partial charge in [-0.3, -0.25) is 4.79 Å². The van der Waals surface area contributed by atoms with E-state index >= 15 is 0 Å². The summed E-state index contributed by atoms with van der Waals surface area (Å²) in [5.41, 5.74) is 0. The maximum atomic E-state index is 11.8. The molecule has 1 aromatic rings. The summed E-state index contributed by atoms with van der Waals surface area (Å²) in [4.78, 5) is 17.6. The highest BCUT2D eigenvalue weighted by atomic mass is 16.2. The summed E-state index contributed by atoms with van der Waals surface area (Å²) in [6, 6.07) is 0.253. The SMILES string of the molecule is CCN(CC)C(=O)CNC(C)Cn1ccnc1. The van der Waals surface area contributed by atoms with E-state index in [1.165, 1.54) is 0 Å². The monoisotopic (exact) mass is 238 g/mol. The van der Waals surface area contributed by atoms with Crippen LogP contribution in [-0.2, 0) is 11.3 Å². The van der Waals surface area contributed by atoms with Crippen LogP contribution in [0.25, 0.3) is 0 Å². The molecular weight excluding hydrogens is 216 g/mol. The van der Waals surface area contributed by atoms with Crippen molar-refractivity contribution in [3.8, 4) is 0 Å². The zero-order valence-electron chi connectivity index (χ0n) is 10.9. The molecule has 0 aliphatic carbocycles. The first-order valence-corrected chi connectivity index (χ1v) is 6.14. The van der Waals surface area contributed by atoms with Gasteiger partial charge in [0.2, 0.25) is 5.91 Å². The Hall–Kier alpha value is -1.36. The minimum absolute atomic E-state index is 0.160. The molecule has 1 unspecified atom stereocenters. The molecule has 96 valence electrons. The van der Waals surface area contributed by atoms with Crippen molar-refractivity contribution in [2.24, 2.45) is 0 Å². The summed E-state index contributed by atoms with van der Waals surface area (Å²) >= 11 is 0. The van der Waals surface area contributed by atoms with Gasteiger partial charge in [-0.25, -0.2) is 4.98 Å². The first-order valence-electron chi connectivity index (χ1n) is 6.14. The highest BCUT2D eigenvalue weighted by Crippen LogP contribution is 1.93. The molecule has 0 saturated carbocycles. The van der Waals surface area contributed by atoms with Crippen LogP contribution in [0.3, 0.4) is 0 Å². The number of imidazole rings is 1. The number of hydrogen-bond acceptors (Lipinski definition) is 3. The minimum atomic E-state index is 0.160. The summed E-state index contributed by atoms with van der Waals surface area (Å²) in [6.07, 6.45) is 5.46. The van der Waals surface area contributed by atoms with Gasteiger partial charge >= 0.3 is 0 Å². The van der Waals surface area contributed by atoms with Crippen molar-refractivity contribution >= 4 is 5.91 Å². The number of likely N-dealkylation sites (N-methyl/N-ethyl adjacent to an activating group) is 1. The molecule has 0 bridgehead atoms. The second-order valence-corrected chi connectivity index (χ2v) is 4.11. The normalized spacial score (nSPS) is 12.4. The Balaban J connectivity index is 2.28. The van der Waals surface area contributed by atoms with Crippen LogP contribution in [0, 0.1) is 0 Å². The lowest BCUT2D eigenvalue weighted by Gasteiger charge is -2.20. The molecule has 1 amide bonds. The van der Waals surface area contributed by atoms with E-state index < -0.39 is 0 Å². The zero-order valence-corrected chi connectivity index (χ0v) is 10.9. The van der Waals surface area contributed by atoms with Gasteiger partial charge in [-0.15, -0.1) is 0 Å². The number of nitrogens with one attached hydrogen (secondary N) is 1. The van der Waals surface area contributed by atoms with Gasteiger partial charge in [-0.05, 0) is 20.8 Å². The van der Waals surface area contributed by atoms with Crippen molar-refractivity contribution < 1.29 is 4.79 Å². The first kappa shape index (κ1) is 13.7. The smallest absolute Gasteiger partial charge is 0.236 e. The van der Waals surface area contributed by atoms with E-state index in [4.69, 9.17) is 0 Å². The van der Waals surface area contributed by atoms with E-state index in [9.17, 15) is 4.79 Å². The molecule has 1 N–H and O–H groups in total. The fourth-order valence-electron chi connectivity index (χ4n) is 1.73. The molecule has 0 aliphatic rings. The lowest BCUT2D eigenvalue weighted by Crippen LogP contribution is -2.41. The summed E-state index contributed by atoms with van der Waals surface area (Å²) in [6.45, 7) is 8.82. The molecule has 0 aliphatic heterocycles. The van der Waals surface area contributed by atoms with E-state index in [0.29, 0.717) is 6.54 Å². The first-order chi connectivity index (χ1) is 8.17. The number of hydrogen-bond donors (Lipinski definition) is 1. The molecule has 0 saturated heterocycles. The average Bonchev–Trinajstić information content (AvgIpc) is 2.81. The number of amides is 1. The lowest BCUT2D eigenvalue weighted by atomic mass is 10.3. The summed E-state index contributed by atoms with van der Waals surface area (Å²) in [5, 5.41) is 3.23. The molecule has 5 heteroatoms. The summed E-state index contributed by atoms with van der Waals surface area (Å²) in [7, 11) is 0. The summed E-state index contributed by atoms with van der Waals surface area (Å²) in [5.74, 6) is 0.160. The van der Waals surface area contributed by atoms with Gasteiger partial charge in [0.05, 0.1) is 12.9 Å². The van der Waals surface area contributed by atoms with Gasteiger partial charge in [0.15, 0.2) is 0 Å². The molecule has 0 fully saturated rings. The number of rotatable bonds is 7. The molecule has 0 aromatic carbocycles. The number of carbonyl (C=O) groups is 1. The molecule has 0 radical (unpaired) electrons. The van der Waals surface area contributed by atoms with Crippen LogP contribution in [0.2, 0.25) is 0 Å². The van der Waals surface area contributed by atoms with E-state index in [1.54, 1.807) is 12.5 Å². The summed E-state index contributed by atoms with van der Waals surface area (Å²) < 4.78 is 2.00. The molecule has 1 heterocycles. The molecule has 1 atom stereocenters. The average molecular weight is 238 g/mol. The number of carbonyl (C=O) groups excluding carboxylic acids is 1. The second-order valence-electron chi connectivity index (χ2n) is 4.11. The van der Waals surface area contributed by atoms with E-state index in [2.05, 4.69) is 17.2 Å². The standard InChI is InChI=1S/C12H22N4O/c1-4-16(5-2)12(17)8-14-11(3)9-15-7-6-13-10-15/h6-7,10-11,14H,4-5,8-9H2,1-3H3.